The Hall–Kier alpha value is -1.33. The maximum Gasteiger partial charge on any atom is 0.155 e. The van der Waals surface area contributed by atoms with E-state index >= 15 is 0 Å². The normalized spacial score (nSPS) is 48.5. The molecule has 0 aromatic rings. The summed E-state index contributed by atoms with van der Waals surface area (Å²) >= 11 is 0. The molecule has 122 valence electrons. The van der Waals surface area contributed by atoms with Crippen molar-refractivity contribution in [3.05, 3.63) is 24.3 Å². The third kappa shape index (κ3) is 1.89. The quantitative estimate of drug-likeness (QED) is 0.593. The second kappa shape index (κ2) is 5.08. The van der Waals surface area contributed by atoms with Gasteiger partial charge in [-0.3, -0.25) is 4.79 Å². The molecule has 0 heterocycles. The first-order valence-electron chi connectivity index (χ1n) is 9.12. The van der Waals surface area contributed by atoms with E-state index in [2.05, 4.69) is 12.5 Å². The van der Waals surface area contributed by atoms with Crippen molar-refractivity contribution in [2.45, 2.75) is 57.0 Å². The molecule has 23 heavy (non-hydrogen) atoms. The van der Waals surface area contributed by atoms with Gasteiger partial charge in [-0.05, 0) is 74.7 Å². The topological polar surface area (TPSA) is 37.3 Å². The lowest BCUT2D eigenvalue weighted by Crippen LogP contribution is -2.52. The van der Waals surface area contributed by atoms with Crippen molar-refractivity contribution in [3.63, 3.8) is 0 Å². The Kier molecular flexibility index (Phi) is 3.36. The van der Waals surface area contributed by atoms with E-state index in [-0.39, 0.29) is 5.41 Å². The van der Waals surface area contributed by atoms with Crippen molar-refractivity contribution in [1.29, 1.82) is 0 Å². The maximum absolute atomic E-state index is 11.7. The maximum atomic E-state index is 11.7. The lowest BCUT2D eigenvalue weighted by molar-refractivity contribution is -0.116. The number of aliphatic hydroxyl groups is 1. The molecule has 0 bridgehead atoms. The van der Waals surface area contributed by atoms with Gasteiger partial charge >= 0.3 is 0 Å². The van der Waals surface area contributed by atoms with Gasteiger partial charge in [0, 0.05) is 11.8 Å². The summed E-state index contributed by atoms with van der Waals surface area (Å²) in [6.45, 7) is 4.08. The zero-order valence-corrected chi connectivity index (χ0v) is 13.8. The molecule has 4 aliphatic carbocycles. The van der Waals surface area contributed by atoms with Gasteiger partial charge in [-0.1, -0.05) is 17.6 Å². The zero-order valence-electron chi connectivity index (χ0n) is 13.8. The second-order valence-corrected chi connectivity index (χ2v) is 8.13. The molecule has 0 aromatic carbocycles. The Labute approximate surface area is 139 Å². The van der Waals surface area contributed by atoms with Gasteiger partial charge in [-0.15, -0.1) is 13.0 Å². The van der Waals surface area contributed by atoms with E-state index < -0.39 is 5.60 Å². The van der Waals surface area contributed by atoms with Crippen molar-refractivity contribution in [1.82, 2.24) is 0 Å². The Bertz CT molecular complexity index is 624. The molecule has 2 nitrogen and oxygen atoms in total. The third-order valence-electron chi connectivity index (χ3n) is 7.62. The minimum atomic E-state index is -1.01. The summed E-state index contributed by atoms with van der Waals surface area (Å²) in [5.74, 6) is 5.37. The van der Waals surface area contributed by atoms with E-state index in [4.69, 9.17) is 6.42 Å². The van der Waals surface area contributed by atoms with Crippen LogP contribution in [0, 0.1) is 41.4 Å². The van der Waals surface area contributed by atoms with E-state index in [0.717, 1.165) is 38.5 Å². The molecule has 0 aromatic heterocycles. The fourth-order valence-electron chi connectivity index (χ4n) is 6.56. The van der Waals surface area contributed by atoms with Crippen LogP contribution in [0.2, 0.25) is 0 Å². The molecule has 0 spiro atoms. The van der Waals surface area contributed by atoms with Crippen molar-refractivity contribution in [2.75, 3.05) is 0 Å². The predicted molar refractivity (Wildman–Crippen MR) is 90.4 cm³/mol. The Morgan fingerprint density at radius 1 is 1.22 bits per heavy atom. The first kappa shape index (κ1) is 15.2. The molecule has 3 fully saturated rings. The van der Waals surface area contributed by atoms with E-state index in [9.17, 15) is 9.90 Å². The molecule has 2 heteroatoms. The number of fused-ring (bicyclic) bond motifs is 5. The van der Waals surface area contributed by atoms with Gasteiger partial charge in [0.05, 0.1) is 0 Å². The molecule has 0 radical (unpaired) electrons. The van der Waals surface area contributed by atoms with Gasteiger partial charge in [0.15, 0.2) is 5.78 Å². The van der Waals surface area contributed by atoms with Crippen LogP contribution in [0.5, 0.6) is 0 Å². The lowest BCUT2D eigenvalue weighted by atomic mass is 9.50. The van der Waals surface area contributed by atoms with Gasteiger partial charge in [0.1, 0.15) is 5.60 Å². The van der Waals surface area contributed by atoms with Crippen molar-refractivity contribution in [3.8, 4) is 12.3 Å². The first-order chi connectivity index (χ1) is 11.0. The number of rotatable bonds is 1. The van der Waals surface area contributed by atoms with Crippen LogP contribution in [0.1, 0.15) is 51.4 Å². The van der Waals surface area contributed by atoms with Crippen molar-refractivity contribution in [2.24, 2.45) is 29.1 Å². The van der Waals surface area contributed by atoms with Crippen molar-refractivity contribution < 1.29 is 9.90 Å². The molecule has 6 atom stereocenters. The zero-order chi connectivity index (χ0) is 16.2. The van der Waals surface area contributed by atoms with Crippen LogP contribution >= 0.6 is 0 Å². The van der Waals surface area contributed by atoms with E-state index in [1.54, 1.807) is 0 Å². The van der Waals surface area contributed by atoms with E-state index in [1.807, 2.05) is 12.2 Å². The average molecular weight is 310 g/mol. The summed E-state index contributed by atoms with van der Waals surface area (Å²) in [4.78, 5) is 11.7. The van der Waals surface area contributed by atoms with Crippen LogP contribution in [0.25, 0.3) is 0 Å². The summed E-state index contributed by atoms with van der Waals surface area (Å²) in [7, 11) is 0. The highest BCUT2D eigenvalue weighted by Crippen LogP contribution is 2.65. The molecule has 0 amide bonds. The van der Waals surface area contributed by atoms with E-state index in [1.165, 1.54) is 5.57 Å². The molecule has 3 saturated carbocycles. The second-order valence-electron chi connectivity index (χ2n) is 8.13. The number of carbonyl (C=O) groups excluding carboxylic acids is 1. The highest BCUT2D eigenvalue weighted by Gasteiger charge is 2.62. The number of ketones is 1. The fraction of sp³-hybridized carbons (Fsp3) is 0.667. The predicted octanol–water partition coefficient (Wildman–Crippen LogP) is 3.66. The SMILES string of the molecule is C#C[C@]1(O)CCC2C3CCC4=CC(=O)CCC4C3CC[C@@]21C=C. The molecule has 1 N–H and O–H groups in total. The van der Waals surface area contributed by atoms with Gasteiger partial charge in [0.2, 0.25) is 0 Å². The summed E-state index contributed by atoms with van der Waals surface area (Å²) < 4.78 is 0. The molecule has 0 saturated heterocycles. The molecule has 0 aliphatic heterocycles. The van der Waals surface area contributed by atoms with Gasteiger partial charge in [-0.25, -0.2) is 0 Å². The summed E-state index contributed by atoms with van der Waals surface area (Å²) in [5, 5.41) is 11.0. The largest absolute Gasteiger partial charge is 0.377 e. The van der Waals surface area contributed by atoms with Gasteiger partial charge in [0.25, 0.3) is 0 Å². The highest BCUT2D eigenvalue weighted by atomic mass is 16.3. The number of allylic oxidation sites excluding steroid dienone is 1. The monoisotopic (exact) mass is 310 g/mol. The third-order valence-corrected chi connectivity index (χ3v) is 7.62. The van der Waals surface area contributed by atoms with Crippen LogP contribution < -0.4 is 0 Å². The fourth-order valence-corrected chi connectivity index (χ4v) is 6.56. The standard InChI is InChI=1S/C21H26O2/c1-3-20-11-9-17-16-8-6-15(22)13-14(16)5-7-18(17)19(20)10-12-21(20,23)4-2/h2-3,13,16-19,23H,1,5-12H2/t16?,17?,18?,19?,20-,21-/m0/s1. The molecular weight excluding hydrogens is 284 g/mol. The molecular formula is C21H26O2. The van der Waals surface area contributed by atoms with Crippen LogP contribution in [0.4, 0.5) is 0 Å². The van der Waals surface area contributed by atoms with Crippen molar-refractivity contribution >= 4 is 5.78 Å². The number of carbonyl (C=O) groups is 1. The van der Waals surface area contributed by atoms with Crippen LogP contribution in [0.3, 0.4) is 0 Å². The number of hydrogen-bond acceptors (Lipinski definition) is 2. The summed E-state index contributed by atoms with van der Waals surface area (Å²) in [6.07, 6.45) is 17.3. The molecule has 4 aliphatic rings. The number of terminal acetylenes is 1. The van der Waals surface area contributed by atoms with Gasteiger partial charge < -0.3 is 5.11 Å². The highest BCUT2D eigenvalue weighted by molar-refractivity contribution is 5.91. The minimum Gasteiger partial charge on any atom is -0.377 e. The van der Waals surface area contributed by atoms with Gasteiger partial charge in [-0.2, -0.15) is 0 Å². The summed E-state index contributed by atoms with van der Waals surface area (Å²) in [5.41, 5.74) is 0.0938. The summed E-state index contributed by atoms with van der Waals surface area (Å²) in [6, 6.07) is 0. The number of hydrogen-bond donors (Lipinski definition) is 1. The van der Waals surface area contributed by atoms with Crippen LogP contribution in [-0.2, 0) is 4.79 Å². The first-order valence-corrected chi connectivity index (χ1v) is 9.12. The van der Waals surface area contributed by atoms with E-state index in [0.29, 0.717) is 42.3 Å². The Morgan fingerprint density at radius 3 is 2.78 bits per heavy atom. The average Bonchev–Trinajstić information content (AvgIpc) is 2.88. The van der Waals surface area contributed by atoms with Crippen LogP contribution in [0.15, 0.2) is 24.3 Å². The molecule has 4 unspecified atom stereocenters. The minimum absolute atomic E-state index is 0.297. The Morgan fingerprint density at radius 2 is 2.04 bits per heavy atom. The van der Waals surface area contributed by atoms with Crippen LogP contribution in [-0.4, -0.2) is 16.5 Å². The molecule has 4 rings (SSSR count). The Balaban J connectivity index is 1.68. The lowest BCUT2D eigenvalue weighted by Gasteiger charge is -2.55. The smallest absolute Gasteiger partial charge is 0.155 e.